The molecule has 1 atom stereocenters. The zero-order chi connectivity index (χ0) is 11.5. The molecule has 2 aromatic carbocycles. The van der Waals surface area contributed by atoms with Crippen molar-refractivity contribution in [2.45, 2.75) is 9.79 Å². The van der Waals surface area contributed by atoms with Crippen LogP contribution in [0.5, 0.6) is 0 Å². The van der Waals surface area contributed by atoms with E-state index in [1.165, 1.54) is 0 Å². The van der Waals surface area contributed by atoms with E-state index >= 15 is 0 Å². The van der Waals surface area contributed by atoms with Gasteiger partial charge in [-0.05, 0) is 56.1 Å². The van der Waals surface area contributed by atoms with Crippen LogP contribution < -0.4 is 0 Å². The van der Waals surface area contributed by atoms with Crippen LogP contribution in [0.2, 0.25) is 0 Å². The van der Waals surface area contributed by atoms with Gasteiger partial charge in [-0.25, -0.2) is 0 Å². The molecule has 0 bridgehead atoms. The minimum Gasteiger partial charge on any atom is -0.606 e. The minimum atomic E-state index is -1.20. The second kappa shape index (κ2) is 5.36. The van der Waals surface area contributed by atoms with Crippen molar-refractivity contribution in [2.24, 2.45) is 0 Å². The van der Waals surface area contributed by atoms with Gasteiger partial charge in [-0.2, -0.15) is 0 Å². The number of rotatable bonds is 2. The predicted molar refractivity (Wildman–Crippen MR) is 71.8 cm³/mol. The highest BCUT2D eigenvalue weighted by Crippen LogP contribution is 2.28. The molecule has 0 spiro atoms. The number of benzene rings is 2. The SMILES string of the molecule is [O-][S+](c1[c]c(Br)ccc1)c1ccccc1Br. The molecule has 0 aromatic heterocycles. The van der Waals surface area contributed by atoms with Crippen LogP contribution in [0, 0.1) is 6.07 Å². The molecule has 0 saturated heterocycles. The molecule has 16 heavy (non-hydrogen) atoms. The summed E-state index contributed by atoms with van der Waals surface area (Å²) in [5, 5.41) is 0. The summed E-state index contributed by atoms with van der Waals surface area (Å²) in [6.45, 7) is 0. The van der Waals surface area contributed by atoms with E-state index in [2.05, 4.69) is 37.9 Å². The molecule has 0 saturated carbocycles. The summed E-state index contributed by atoms with van der Waals surface area (Å²) in [5.41, 5.74) is 0. The molecule has 0 N–H and O–H groups in total. The predicted octanol–water partition coefficient (Wildman–Crippen LogP) is 4.18. The molecule has 0 fully saturated rings. The third-order valence-electron chi connectivity index (χ3n) is 1.97. The molecule has 1 unspecified atom stereocenters. The van der Waals surface area contributed by atoms with Gasteiger partial charge in [0.05, 0.1) is 10.5 Å². The fourth-order valence-electron chi connectivity index (χ4n) is 1.24. The molecule has 0 amide bonds. The molecular formula is C12H7Br2OS. The zero-order valence-corrected chi connectivity index (χ0v) is 12.1. The highest BCUT2D eigenvalue weighted by atomic mass is 79.9. The normalized spacial score (nSPS) is 12.4. The lowest BCUT2D eigenvalue weighted by atomic mass is 10.4. The maximum Gasteiger partial charge on any atom is 0.172 e. The molecule has 81 valence electrons. The highest BCUT2D eigenvalue weighted by molar-refractivity contribution is 9.10. The Morgan fingerprint density at radius 2 is 1.75 bits per heavy atom. The van der Waals surface area contributed by atoms with Gasteiger partial charge in [-0.3, -0.25) is 0 Å². The van der Waals surface area contributed by atoms with Crippen molar-refractivity contribution in [3.63, 3.8) is 0 Å². The monoisotopic (exact) mass is 357 g/mol. The van der Waals surface area contributed by atoms with E-state index in [1.54, 1.807) is 6.07 Å². The lowest BCUT2D eigenvalue weighted by Crippen LogP contribution is -2.02. The first kappa shape index (κ1) is 12.2. The topological polar surface area (TPSA) is 23.1 Å². The van der Waals surface area contributed by atoms with Crippen molar-refractivity contribution >= 4 is 43.0 Å². The Bertz CT molecular complexity index is 502. The van der Waals surface area contributed by atoms with E-state index in [-0.39, 0.29) is 0 Å². The van der Waals surface area contributed by atoms with E-state index in [0.29, 0.717) is 4.90 Å². The highest BCUT2D eigenvalue weighted by Gasteiger charge is 2.17. The quantitative estimate of drug-likeness (QED) is 0.738. The van der Waals surface area contributed by atoms with Crippen molar-refractivity contribution in [1.29, 1.82) is 0 Å². The van der Waals surface area contributed by atoms with Crippen LogP contribution in [0.15, 0.2) is 61.2 Å². The van der Waals surface area contributed by atoms with Crippen LogP contribution in [0.25, 0.3) is 0 Å². The van der Waals surface area contributed by atoms with Crippen molar-refractivity contribution in [1.82, 2.24) is 0 Å². The van der Waals surface area contributed by atoms with Gasteiger partial charge in [-0.1, -0.05) is 18.2 Å². The Kier molecular flexibility index (Phi) is 4.08. The summed E-state index contributed by atoms with van der Waals surface area (Å²) < 4.78 is 13.9. The second-order valence-electron chi connectivity index (χ2n) is 3.06. The minimum absolute atomic E-state index is 0.668. The average Bonchev–Trinajstić information content (AvgIpc) is 2.29. The van der Waals surface area contributed by atoms with Gasteiger partial charge in [0, 0.05) is 15.6 Å². The van der Waals surface area contributed by atoms with Gasteiger partial charge in [0.15, 0.2) is 9.79 Å². The molecule has 0 aliphatic heterocycles. The molecule has 1 nitrogen and oxygen atoms in total. The number of hydrogen-bond donors (Lipinski definition) is 0. The molecular weight excluding hydrogens is 352 g/mol. The van der Waals surface area contributed by atoms with Crippen molar-refractivity contribution in [3.8, 4) is 0 Å². The summed E-state index contributed by atoms with van der Waals surface area (Å²) in [6.07, 6.45) is 0. The van der Waals surface area contributed by atoms with E-state index in [9.17, 15) is 4.55 Å². The smallest absolute Gasteiger partial charge is 0.172 e. The van der Waals surface area contributed by atoms with Gasteiger partial charge in [0.25, 0.3) is 0 Å². The summed E-state index contributed by atoms with van der Waals surface area (Å²) in [7, 11) is 0. The van der Waals surface area contributed by atoms with Crippen molar-refractivity contribution < 1.29 is 4.55 Å². The van der Waals surface area contributed by atoms with Crippen LogP contribution >= 0.6 is 31.9 Å². The molecule has 0 aliphatic rings. The third-order valence-corrected chi connectivity index (χ3v) is 4.78. The van der Waals surface area contributed by atoms with E-state index in [0.717, 1.165) is 13.8 Å². The molecule has 1 radical (unpaired) electrons. The molecule has 2 rings (SSSR count). The van der Waals surface area contributed by atoms with Crippen LogP contribution in [0.1, 0.15) is 0 Å². The maximum absolute atomic E-state index is 12.2. The molecule has 4 heteroatoms. The summed E-state index contributed by atoms with van der Waals surface area (Å²) in [4.78, 5) is 1.43. The largest absolute Gasteiger partial charge is 0.606 e. The first-order valence-corrected chi connectivity index (χ1v) is 7.26. The van der Waals surface area contributed by atoms with E-state index in [1.807, 2.05) is 36.4 Å². The second-order valence-corrected chi connectivity index (χ2v) is 6.19. The third kappa shape index (κ3) is 2.69. The Balaban J connectivity index is 2.39. The van der Waals surface area contributed by atoms with E-state index in [4.69, 9.17) is 0 Å². The fourth-order valence-corrected chi connectivity index (χ4v) is 3.56. The standard InChI is InChI=1S/C12H7Br2OS/c13-9-4-3-5-10(8-9)16(15)12-7-2-1-6-11(12)14/h1-7H. The van der Waals surface area contributed by atoms with Crippen LogP contribution in [0.3, 0.4) is 0 Å². The number of hydrogen-bond acceptors (Lipinski definition) is 1. The zero-order valence-electron chi connectivity index (χ0n) is 8.11. The first-order chi connectivity index (χ1) is 7.68. The van der Waals surface area contributed by atoms with Gasteiger partial charge in [0.1, 0.15) is 0 Å². The molecule has 0 aliphatic carbocycles. The van der Waals surface area contributed by atoms with Gasteiger partial charge in [-0.15, -0.1) is 0 Å². The maximum atomic E-state index is 12.2. The van der Waals surface area contributed by atoms with Crippen LogP contribution in [-0.4, -0.2) is 4.55 Å². The summed E-state index contributed by atoms with van der Waals surface area (Å²) in [6, 6.07) is 16.0. The first-order valence-electron chi connectivity index (χ1n) is 4.52. The Morgan fingerprint density at radius 3 is 2.44 bits per heavy atom. The van der Waals surface area contributed by atoms with Gasteiger partial charge in [0.2, 0.25) is 0 Å². The Hall–Kier alpha value is -0.290. The Labute approximate surface area is 114 Å². The lowest BCUT2D eigenvalue weighted by molar-refractivity contribution is 0.594. The van der Waals surface area contributed by atoms with Gasteiger partial charge >= 0.3 is 0 Å². The summed E-state index contributed by atoms with van der Waals surface area (Å²) >= 11 is 5.51. The van der Waals surface area contributed by atoms with E-state index < -0.39 is 11.2 Å². The van der Waals surface area contributed by atoms with Crippen LogP contribution in [-0.2, 0) is 11.2 Å². The molecule has 2 aromatic rings. The number of halogens is 2. The summed E-state index contributed by atoms with van der Waals surface area (Å²) in [5.74, 6) is 0. The lowest BCUT2D eigenvalue weighted by Gasteiger charge is -2.10. The molecule has 0 heterocycles. The van der Waals surface area contributed by atoms with Crippen molar-refractivity contribution in [3.05, 3.63) is 57.5 Å². The Morgan fingerprint density at radius 1 is 1.00 bits per heavy atom. The average molecular weight is 359 g/mol. The van der Waals surface area contributed by atoms with Crippen LogP contribution in [0.4, 0.5) is 0 Å². The van der Waals surface area contributed by atoms with Gasteiger partial charge < -0.3 is 4.55 Å². The van der Waals surface area contributed by atoms with Crippen molar-refractivity contribution in [2.75, 3.05) is 0 Å². The fraction of sp³-hybridized carbons (Fsp3) is 0.